The number of hydrogen-bond acceptors (Lipinski definition) is 2. The molecule has 3 heteroatoms. The van der Waals surface area contributed by atoms with Gasteiger partial charge in [-0.25, -0.2) is 5.01 Å². The lowest BCUT2D eigenvalue weighted by molar-refractivity contribution is -0.0857. The van der Waals surface area contributed by atoms with Gasteiger partial charge in [0.15, 0.2) is 0 Å². The van der Waals surface area contributed by atoms with E-state index in [9.17, 15) is 0 Å². The van der Waals surface area contributed by atoms with E-state index >= 15 is 0 Å². The van der Waals surface area contributed by atoms with Crippen molar-refractivity contribution in [3.8, 4) is 0 Å². The van der Waals surface area contributed by atoms with Gasteiger partial charge in [0, 0.05) is 17.1 Å². The van der Waals surface area contributed by atoms with Crippen molar-refractivity contribution in [3.63, 3.8) is 0 Å². The Balaban J connectivity index is 1.75. The first-order valence-corrected chi connectivity index (χ1v) is 7.30. The van der Waals surface area contributed by atoms with Crippen LogP contribution in [0, 0.1) is 17.8 Å². The highest BCUT2D eigenvalue weighted by molar-refractivity contribution is 6.29. The van der Waals surface area contributed by atoms with Crippen molar-refractivity contribution in [1.82, 2.24) is 5.01 Å². The van der Waals surface area contributed by atoms with Crippen molar-refractivity contribution >= 4 is 11.6 Å². The third-order valence-electron chi connectivity index (χ3n) is 5.18. The van der Waals surface area contributed by atoms with Gasteiger partial charge in [0.05, 0.1) is 0 Å². The van der Waals surface area contributed by atoms with Crippen LogP contribution >= 0.6 is 11.6 Å². The van der Waals surface area contributed by atoms with Crippen LogP contribution in [0.25, 0.3) is 0 Å². The Morgan fingerprint density at radius 1 is 1.24 bits per heavy atom. The number of hydrazine groups is 1. The van der Waals surface area contributed by atoms with Gasteiger partial charge in [-0.1, -0.05) is 17.7 Å². The van der Waals surface area contributed by atoms with Gasteiger partial charge >= 0.3 is 0 Å². The quantitative estimate of drug-likeness (QED) is 0.619. The Labute approximate surface area is 109 Å². The molecular weight excluding hydrogens is 232 g/mol. The Hall–Kier alpha value is -0.0500. The summed E-state index contributed by atoms with van der Waals surface area (Å²) in [6, 6.07) is 0. The monoisotopic (exact) mass is 254 g/mol. The second kappa shape index (κ2) is 4.25. The molecule has 0 heterocycles. The molecule has 0 unspecified atom stereocenters. The average molecular weight is 255 g/mol. The van der Waals surface area contributed by atoms with Gasteiger partial charge in [-0.05, 0) is 63.2 Å². The van der Waals surface area contributed by atoms with Crippen LogP contribution in [0.4, 0.5) is 0 Å². The van der Waals surface area contributed by atoms with Crippen LogP contribution in [-0.4, -0.2) is 17.1 Å². The fourth-order valence-electron chi connectivity index (χ4n) is 4.83. The molecule has 0 aromatic rings. The fraction of sp³-hybridized carbons (Fsp3) is 0.857. The van der Waals surface area contributed by atoms with Gasteiger partial charge < -0.3 is 0 Å². The van der Waals surface area contributed by atoms with E-state index in [2.05, 4.69) is 5.01 Å². The zero-order chi connectivity index (χ0) is 12.0. The van der Waals surface area contributed by atoms with Crippen LogP contribution in [0.2, 0.25) is 0 Å². The van der Waals surface area contributed by atoms with Crippen LogP contribution in [-0.2, 0) is 0 Å². The molecule has 0 amide bonds. The third-order valence-corrected chi connectivity index (χ3v) is 5.34. The largest absolute Gasteiger partial charge is 0.268 e. The minimum absolute atomic E-state index is 0.303. The second-order valence-corrected chi connectivity index (χ2v) is 7.18. The van der Waals surface area contributed by atoms with Gasteiger partial charge in [-0.15, -0.1) is 0 Å². The van der Waals surface area contributed by atoms with E-state index in [0.717, 1.165) is 29.3 Å². The summed E-state index contributed by atoms with van der Waals surface area (Å²) in [4.78, 5) is 0. The first-order chi connectivity index (χ1) is 8.07. The minimum atomic E-state index is 0.303. The number of hydrogen-bond donors (Lipinski definition) is 1. The van der Waals surface area contributed by atoms with Gasteiger partial charge in [-0.2, -0.15) is 0 Å². The fourth-order valence-corrected chi connectivity index (χ4v) is 4.90. The van der Waals surface area contributed by atoms with E-state index in [0.29, 0.717) is 5.54 Å². The number of rotatable bonds is 3. The van der Waals surface area contributed by atoms with Crippen molar-refractivity contribution in [2.75, 3.05) is 6.54 Å². The van der Waals surface area contributed by atoms with Crippen LogP contribution in [0.3, 0.4) is 0 Å². The zero-order valence-corrected chi connectivity index (χ0v) is 11.4. The standard InChI is InChI=1S/C14H23ClN2/c1-10(15)2-3-17(16)14-7-11-4-12(8-14)6-13(5-11)9-14/h2,11-13H,3-9,16H2,1H3/b10-2+. The Bertz CT molecular complexity index is 298. The summed E-state index contributed by atoms with van der Waals surface area (Å²) >= 11 is 5.91. The molecule has 96 valence electrons. The predicted octanol–water partition coefficient (Wildman–Crippen LogP) is 3.27. The molecule has 4 bridgehead atoms. The normalized spacial score (nSPS) is 44.7. The highest BCUT2D eigenvalue weighted by Crippen LogP contribution is 2.57. The van der Waals surface area contributed by atoms with Gasteiger partial charge in [-0.3, -0.25) is 5.84 Å². The summed E-state index contributed by atoms with van der Waals surface area (Å²) in [5.74, 6) is 9.21. The maximum Gasteiger partial charge on any atom is 0.0363 e. The molecule has 4 aliphatic rings. The van der Waals surface area contributed by atoms with Gasteiger partial charge in [0.25, 0.3) is 0 Å². The molecule has 0 aliphatic heterocycles. The molecule has 0 aromatic heterocycles. The molecule has 2 N–H and O–H groups in total. The summed E-state index contributed by atoms with van der Waals surface area (Å²) in [5, 5.41) is 2.95. The van der Waals surface area contributed by atoms with Gasteiger partial charge in [0.2, 0.25) is 0 Å². The minimum Gasteiger partial charge on any atom is -0.268 e. The summed E-state index contributed by atoms with van der Waals surface area (Å²) < 4.78 is 0. The van der Waals surface area contributed by atoms with Crippen molar-refractivity contribution in [2.24, 2.45) is 23.6 Å². The molecule has 17 heavy (non-hydrogen) atoms. The van der Waals surface area contributed by atoms with E-state index in [1.165, 1.54) is 38.5 Å². The van der Waals surface area contributed by atoms with Crippen molar-refractivity contribution in [1.29, 1.82) is 0 Å². The Morgan fingerprint density at radius 2 is 1.71 bits per heavy atom. The lowest BCUT2D eigenvalue weighted by Crippen LogP contribution is -2.62. The van der Waals surface area contributed by atoms with E-state index in [4.69, 9.17) is 17.4 Å². The molecule has 2 nitrogen and oxygen atoms in total. The van der Waals surface area contributed by atoms with E-state index in [1.807, 2.05) is 13.0 Å². The van der Waals surface area contributed by atoms with Crippen LogP contribution < -0.4 is 5.84 Å². The first kappa shape index (κ1) is 12.0. The summed E-state index contributed by atoms with van der Waals surface area (Å²) in [7, 11) is 0. The highest BCUT2D eigenvalue weighted by Gasteiger charge is 2.52. The smallest absolute Gasteiger partial charge is 0.0363 e. The van der Waals surface area contributed by atoms with E-state index < -0.39 is 0 Å². The second-order valence-electron chi connectivity index (χ2n) is 6.59. The maximum atomic E-state index is 6.35. The van der Waals surface area contributed by atoms with Gasteiger partial charge in [0.1, 0.15) is 0 Å². The first-order valence-electron chi connectivity index (χ1n) is 6.92. The van der Waals surface area contributed by atoms with E-state index in [-0.39, 0.29) is 0 Å². The lowest BCUT2D eigenvalue weighted by Gasteiger charge is -2.59. The number of halogens is 1. The number of allylic oxidation sites excluding steroid dienone is 1. The van der Waals surface area contributed by atoms with Crippen LogP contribution in [0.15, 0.2) is 11.1 Å². The molecular formula is C14H23ClN2. The predicted molar refractivity (Wildman–Crippen MR) is 71.4 cm³/mol. The van der Waals surface area contributed by atoms with E-state index in [1.54, 1.807) is 0 Å². The summed E-state index contributed by atoms with van der Waals surface area (Å²) in [5.41, 5.74) is 0.303. The molecule has 0 saturated heterocycles. The molecule has 0 aromatic carbocycles. The van der Waals surface area contributed by atoms with Crippen molar-refractivity contribution < 1.29 is 0 Å². The van der Waals surface area contributed by atoms with Crippen LogP contribution in [0.1, 0.15) is 45.4 Å². The van der Waals surface area contributed by atoms with Crippen molar-refractivity contribution in [3.05, 3.63) is 11.1 Å². The topological polar surface area (TPSA) is 29.3 Å². The lowest BCUT2D eigenvalue weighted by atomic mass is 9.53. The molecule has 0 atom stereocenters. The highest BCUT2D eigenvalue weighted by atomic mass is 35.5. The average Bonchev–Trinajstić information content (AvgIpc) is 2.23. The Morgan fingerprint density at radius 3 is 2.12 bits per heavy atom. The SMILES string of the molecule is C/C(Cl)=C\CN(N)C12CC3CC(CC(C3)C1)C2. The molecule has 4 saturated carbocycles. The summed E-state index contributed by atoms with van der Waals surface area (Å²) in [6.07, 6.45) is 10.4. The number of nitrogens with zero attached hydrogens (tertiary/aromatic N) is 1. The molecule has 4 aliphatic carbocycles. The molecule has 0 spiro atoms. The summed E-state index contributed by atoms with van der Waals surface area (Å²) in [6.45, 7) is 2.73. The number of nitrogens with two attached hydrogens (primary N) is 1. The van der Waals surface area contributed by atoms with Crippen LogP contribution in [0.5, 0.6) is 0 Å². The molecule has 4 rings (SSSR count). The maximum absolute atomic E-state index is 6.35. The molecule has 4 fully saturated rings. The Kier molecular flexibility index (Phi) is 3.00. The molecule has 0 radical (unpaired) electrons. The van der Waals surface area contributed by atoms with Crippen molar-refractivity contribution in [2.45, 2.75) is 51.0 Å². The zero-order valence-electron chi connectivity index (χ0n) is 10.7. The third kappa shape index (κ3) is 2.16.